The van der Waals surface area contributed by atoms with Crippen LogP contribution in [0.15, 0.2) is 42.1 Å². The van der Waals surface area contributed by atoms with E-state index < -0.39 is 11.9 Å². The molecular weight excluding hydrogens is 282 g/mol. The second-order valence-electron chi connectivity index (χ2n) is 5.12. The lowest BCUT2D eigenvalue weighted by Gasteiger charge is -2.29. The number of carbonyl (C=O) groups is 2. The van der Waals surface area contributed by atoms with Crippen LogP contribution in [0.2, 0.25) is 0 Å². The van der Waals surface area contributed by atoms with E-state index >= 15 is 0 Å². The van der Waals surface area contributed by atoms with Gasteiger partial charge < -0.3 is 15.3 Å². The number of rotatable bonds is 4. The summed E-state index contributed by atoms with van der Waals surface area (Å²) in [7, 11) is 0. The van der Waals surface area contributed by atoms with Gasteiger partial charge in [-0.3, -0.25) is 9.59 Å². The van der Waals surface area contributed by atoms with E-state index in [2.05, 4.69) is 5.32 Å². The summed E-state index contributed by atoms with van der Waals surface area (Å²) < 4.78 is 0. The lowest BCUT2D eigenvalue weighted by molar-refractivity contribution is -0.143. The van der Waals surface area contributed by atoms with Gasteiger partial charge in [0.15, 0.2) is 0 Å². The molecule has 1 fully saturated rings. The molecule has 0 aliphatic carbocycles. The molecule has 1 saturated heterocycles. The molecule has 6 nitrogen and oxygen atoms in total. The van der Waals surface area contributed by atoms with E-state index in [0.29, 0.717) is 31.6 Å². The van der Waals surface area contributed by atoms with Gasteiger partial charge in [0.1, 0.15) is 11.6 Å². The predicted octanol–water partition coefficient (Wildman–Crippen LogP) is 1.83. The largest absolute Gasteiger partial charge is 0.481 e. The molecule has 0 spiro atoms. The number of nitrogens with one attached hydrogen (secondary N) is 1. The van der Waals surface area contributed by atoms with E-state index in [4.69, 9.17) is 10.4 Å². The number of nitriles is 1. The monoisotopic (exact) mass is 299 g/mol. The van der Waals surface area contributed by atoms with Crippen molar-refractivity contribution in [3.05, 3.63) is 42.1 Å². The van der Waals surface area contributed by atoms with Gasteiger partial charge in [0.25, 0.3) is 5.91 Å². The van der Waals surface area contributed by atoms with Crippen molar-refractivity contribution in [1.29, 1.82) is 5.26 Å². The van der Waals surface area contributed by atoms with Crippen molar-refractivity contribution in [3.63, 3.8) is 0 Å². The van der Waals surface area contributed by atoms with Gasteiger partial charge in [-0.1, -0.05) is 18.2 Å². The van der Waals surface area contributed by atoms with Gasteiger partial charge in [-0.25, -0.2) is 0 Å². The Hall–Kier alpha value is -2.81. The van der Waals surface area contributed by atoms with Crippen LogP contribution in [0.4, 0.5) is 5.69 Å². The first-order valence-corrected chi connectivity index (χ1v) is 7.05. The number of aliphatic carboxylic acids is 1. The minimum atomic E-state index is -0.786. The third-order valence-electron chi connectivity index (χ3n) is 3.59. The third-order valence-corrected chi connectivity index (χ3v) is 3.59. The fourth-order valence-corrected chi connectivity index (χ4v) is 2.32. The van der Waals surface area contributed by atoms with Crippen LogP contribution < -0.4 is 5.32 Å². The summed E-state index contributed by atoms with van der Waals surface area (Å²) in [5.74, 6) is -1.59. The average molecular weight is 299 g/mol. The standard InChI is InChI=1S/C16H17N3O3/c17-10-13(15(20)18-14-4-2-1-3-5-14)11-19-8-6-12(7-9-19)16(21)22/h1-5,11-12H,6-9H2,(H,18,20)(H,21,22). The fraction of sp³-hybridized carbons (Fsp3) is 0.312. The van der Waals surface area contributed by atoms with Crippen molar-refractivity contribution >= 4 is 17.6 Å². The van der Waals surface area contributed by atoms with Gasteiger partial charge in [0.2, 0.25) is 0 Å². The molecule has 1 aliphatic heterocycles. The quantitative estimate of drug-likeness (QED) is 0.653. The second-order valence-corrected chi connectivity index (χ2v) is 5.12. The van der Waals surface area contributed by atoms with Crippen LogP contribution in [0.5, 0.6) is 0 Å². The molecule has 0 unspecified atom stereocenters. The zero-order chi connectivity index (χ0) is 15.9. The van der Waals surface area contributed by atoms with E-state index in [0.717, 1.165) is 0 Å². The number of piperidine rings is 1. The van der Waals surface area contributed by atoms with Crippen molar-refractivity contribution in [2.24, 2.45) is 5.92 Å². The van der Waals surface area contributed by atoms with E-state index in [9.17, 15) is 9.59 Å². The number of nitrogens with zero attached hydrogens (tertiary/aromatic N) is 2. The van der Waals surface area contributed by atoms with Crippen molar-refractivity contribution in [1.82, 2.24) is 4.90 Å². The normalized spacial score (nSPS) is 16.0. The van der Waals surface area contributed by atoms with Crippen LogP contribution in [0.1, 0.15) is 12.8 Å². The molecule has 1 aromatic carbocycles. The van der Waals surface area contributed by atoms with Crippen molar-refractivity contribution in [2.75, 3.05) is 18.4 Å². The SMILES string of the molecule is N#CC(=CN1CCC(C(=O)O)CC1)C(=O)Nc1ccccc1. The predicted molar refractivity (Wildman–Crippen MR) is 80.7 cm³/mol. The molecule has 0 saturated carbocycles. The highest BCUT2D eigenvalue weighted by Crippen LogP contribution is 2.18. The molecule has 0 bridgehead atoms. The highest BCUT2D eigenvalue weighted by Gasteiger charge is 2.24. The minimum Gasteiger partial charge on any atom is -0.481 e. The van der Waals surface area contributed by atoms with Crippen molar-refractivity contribution < 1.29 is 14.7 Å². The minimum absolute atomic E-state index is 0.0117. The molecule has 1 aromatic rings. The number of hydrogen-bond acceptors (Lipinski definition) is 4. The summed E-state index contributed by atoms with van der Waals surface area (Å²) in [5, 5.41) is 20.8. The van der Waals surface area contributed by atoms with Crippen LogP contribution in [0.25, 0.3) is 0 Å². The molecule has 1 amide bonds. The maximum absolute atomic E-state index is 12.1. The summed E-state index contributed by atoms with van der Waals surface area (Å²) >= 11 is 0. The zero-order valence-electron chi connectivity index (χ0n) is 12.0. The number of carboxylic acids is 1. The maximum Gasteiger partial charge on any atom is 0.306 e. The number of benzene rings is 1. The Bertz CT molecular complexity index is 611. The molecule has 0 aromatic heterocycles. The average Bonchev–Trinajstić information content (AvgIpc) is 2.53. The van der Waals surface area contributed by atoms with Gasteiger partial charge in [-0.2, -0.15) is 5.26 Å². The van der Waals surface area contributed by atoms with Crippen molar-refractivity contribution in [2.45, 2.75) is 12.8 Å². The molecule has 6 heteroatoms. The van der Waals surface area contributed by atoms with Crippen LogP contribution in [-0.2, 0) is 9.59 Å². The van der Waals surface area contributed by atoms with Gasteiger partial charge in [0.05, 0.1) is 5.92 Å². The molecule has 2 N–H and O–H groups in total. The summed E-state index contributed by atoms with van der Waals surface area (Å²) in [4.78, 5) is 24.8. The highest BCUT2D eigenvalue weighted by molar-refractivity contribution is 6.06. The number of para-hydroxylation sites is 1. The summed E-state index contributed by atoms with van der Waals surface area (Å²) in [5.41, 5.74) is 0.635. The molecule has 1 aliphatic rings. The fourth-order valence-electron chi connectivity index (χ4n) is 2.32. The topological polar surface area (TPSA) is 93.4 Å². The number of likely N-dealkylation sites (tertiary alicyclic amines) is 1. The highest BCUT2D eigenvalue weighted by atomic mass is 16.4. The first-order chi connectivity index (χ1) is 10.6. The Morgan fingerprint density at radius 3 is 2.45 bits per heavy atom. The molecule has 1 heterocycles. The second kappa shape index (κ2) is 7.27. The molecule has 22 heavy (non-hydrogen) atoms. The Morgan fingerprint density at radius 2 is 1.91 bits per heavy atom. The zero-order valence-corrected chi connectivity index (χ0v) is 12.0. The number of hydrogen-bond donors (Lipinski definition) is 2. The molecule has 0 radical (unpaired) electrons. The number of amides is 1. The molecular formula is C16H17N3O3. The third kappa shape index (κ3) is 4.09. The van der Waals surface area contributed by atoms with Crippen molar-refractivity contribution in [3.8, 4) is 6.07 Å². The van der Waals surface area contributed by atoms with E-state index in [1.165, 1.54) is 6.20 Å². The number of carbonyl (C=O) groups excluding carboxylic acids is 1. The van der Waals surface area contributed by atoms with Gasteiger partial charge in [-0.05, 0) is 25.0 Å². The Morgan fingerprint density at radius 1 is 1.27 bits per heavy atom. The maximum atomic E-state index is 12.1. The van der Waals surface area contributed by atoms with E-state index in [-0.39, 0.29) is 11.5 Å². The van der Waals surface area contributed by atoms with Crippen LogP contribution in [-0.4, -0.2) is 35.0 Å². The van der Waals surface area contributed by atoms with E-state index in [1.807, 2.05) is 17.0 Å². The molecule has 0 atom stereocenters. The molecule has 114 valence electrons. The lowest BCUT2D eigenvalue weighted by atomic mass is 9.97. The van der Waals surface area contributed by atoms with Gasteiger partial charge >= 0.3 is 5.97 Å². The lowest BCUT2D eigenvalue weighted by Crippen LogP contribution is -2.33. The first kappa shape index (κ1) is 15.6. The number of anilines is 1. The Balaban J connectivity index is 1.98. The summed E-state index contributed by atoms with van der Waals surface area (Å²) in [6.45, 7) is 1.06. The summed E-state index contributed by atoms with van der Waals surface area (Å²) in [6, 6.07) is 10.8. The van der Waals surface area contributed by atoms with Crippen LogP contribution in [0, 0.1) is 17.2 Å². The Kier molecular flexibility index (Phi) is 5.15. The smallest absolute Gasteiger partial charge is 0.306 e. The van der Waals surface area contributed by atoms with Crippen LogP contribution in [0.3, 0.4) is 0 Å². The molecule has 2 rings (SSSR count). The van der Waals surface area contributed by atoms with E-state index in [1.54, 1.807) is 24.3 Å². The van der Waals surface area contributed by atoms with Gasteiger partial charge in [-0.15, -0.1) is 0 Å². The van der Waals surface area contributed by atoms with Crippen LogP contribution >= 0.6 is 0 Å². The number of carboxylic acid groups (broad SMARTS) is 1. The summed E-state index contributed by atoms with van der Waals surface area (Å²) in [6.07, 6.45) is 2.55. The first-order valence-electron chi connectivity index (χ1n) is 7.05. The van der Waals surface area contributed by atoms with Gasteiger partial charge in [0, 0.05) is 25.0 Å². The Labute approximate surface area is 128 Å².